The van der Waals surface area contributed by atoms with E-state index in [1.54, 1.807) is 4.90 Å². The summed E-state index contributed by atoms with van der Waals surface area (Å²) >= 11 is 0. The molecule has 7 heteroatoms. The van der Waals surface area contributed by atoms with Crippen molar-refractivity contribution in [3.05, 3.63) is 24.3 Å². The summed E-state index contributed by atoms with van der Waals surface area (Å²) in [7, 11) is 0. The Hall–Kier alpha value is -2.57. The Bertz CT molecular complexity index is 811. The molecule has 2 aliphatic rings. The third-order valence-electron chi connectivity index (χ3n) is 5.94. The molecule has 3 amide bonds. The van der Waals surface area contributed by atoms with Gasteiger partial charge in [0.25, 0.3) is 0 Å². The predicted octanol–water partition coefficient (Wildman–Crippen LogP) is 3.16. The molecule has 3 rings (SSSR count). The van der Waals surface area contributed by atoms with Crippen molar-refractivity contribution in [2.45, 2.75) is 71.9 Å². The van der Waals surface area contributed by atoms with Crippen LogP contribution in [0.2, 0.25) is 0 Å². The molecule has 0 saturated carbocycles. The van der Waals surface area contributed by atoms with Gasteiger partial charge in [-0.05, 0) is 50.8 Å². The molecule has 0 aromatic heterocycles. The molecule has 0 radical (unpaired) electrons. The fraction of sp³-hybridized carbons (Fsp3) is 0.625. The molecule has 0 bridgehead atoms. The number of amides is 3. The number of nitrogens with zero attached hydrogens (tertiary/aromatic N) is 2. The lowest BCUT2D eigenvalue weighted by Gasteiger charge is -2.30. The van der Waals surface area contributed by atoms with Crippen molar-refractivity contribution in [2.75, 3.05) is 29.9 Å². The molecule has 1 aromatic rings. The molecule has 1 aromatic carbocycles. The monoisotopic (exact) mass is 428 g/mol. The molecule has 2 saturated heterocycles. The van der Waals surface area contributed by atoms with E-state index in [1.165, 1.54) is 12.8 Å². The third kappa shape index (κ3) is 5.99. The Morgan fingerprint density at radius 2 is 1.81 bits per heavy atom. The van der Waals surface area contributed by atoms with Crippen LogP contribution in [0, 0.1) is 5.41 Å². The molecule has 170 valence electrons. The third-order valence-corrected chi connectivity index (χ3v) is 5.94. The Labute approximate surface area is 185 Å². The zero-order chi connectivity index (χ0) is 22.6. The van der Waals surface area contributed by atoms with Gasteiger partial charge in [-0.2, -0.15) is 0 Å². The van der Waals surface area contributed by atoms with E-state index in [0.29, 0.717) is 13.0 Å². The molecule has 2 unspecified atom stereocenters. The maximum Gasteiger partial charge on any atom is 0.243 e. The highest BCUT2D eigenvalue weighted by Gasteiger charge is 2.38. The van der Waals surface area contributed by atoms with Gasteiger partial charge in [0.05, 0.1) is 0 Å². The zero-order valence-electron chi connectivity index (χ0n) is 19.2. The molecule has 2 fully saturated rings. The predicted molar refractivity (Wildman–Crippen MR) is 123 cm³/mol. The highest BCUT2D eigenvalue weighted by atomic mass is 16.2. The minimum absolute atomic E-state index is 0.00608. The van der Waals surface area contributed by atoms with Gasteiger partial charge in [-0.3, -0.25) is 14.4 Å². The smallest absolute Gasteiger partial charge is 0.243 e. The molecule has 0 aliphatic carbocycles. The van der Waals surface area contributed by atoms with E-state index < -0.39 is 11.5 Å². The fourth-order valence-electron chi connectivity index (χ4n) is 4.35. The first-order valence-electron chi connectivity index (χ1n) is 11.4. The lowest BCUT2D eigenvalue weighted by molar-refractivity contribution is -0.144. The first-order chi connectivity index (χ1) is 14.6. The number of anilines is 2. The molecular weight excluding hydrogens is 392 g/mol. The highest BCUT2D eigenvalue weighted by Crippen LogP contribution is 2.26. The van der Waals surface area contributed by atoms with Gasteiger partial charge in [0.15, 0.2) is 0 Å². The Kier molecular flexibility index (Phi) is 7.23. The van der Waals surface area contributed by atoms with Crippen LogP contribution < -0.4 is 15.5 Å². The van der Waals surface area contributed by atoms with Gasteiger partial charge < -0.3 is 20.4 Å². The van der Waals surface area contributed by atoms with Crippen molar-refractivity contribution in [2.24, 2.45) is 5.41 Å². The number of carbonyl (C=O) groups excluding carboxylic acids is 3. The van der Waals surface area contributed by atoms with Crippen LogP contribution in [0.3, 0.4) is 0 Å². The molecular formula is C24H36N4O3. The van der Waals surface area contributed by atoms with Gasteiger partial charge in [-0.15, -0.1) is 0 Å². The molecule has 2 aliphatic heterocycles. The van der Waals surface area contributed by atoms with Gasteiger partial charge in [-0.1, -0.05) is 26.8 Å². The maximum absolute atomic E-state index is 12.8. The van der Waals surface area contributed by atoms with Crippen LogP contribution in [0.25, 0.3) is 0 Å². The lowest BCUT2D eigenvalue weighted by Crippen LogP contribution is -2.51. The maximum atomic E-state index is 12.8. The average molecular weight is 429 g/mol. The van der Waals surface area contributed by atoms with Crippen LogP contribution in [0.15, 0.2) is 24.3 Å². The molecule has 0 spiro atoms. The number of rotatable bonds is 6. The van der Waals surface area contributed by atoms with Crippen LogP contribution in [-0.2, 0) is 14.4 Å². The van der Waals surface area contributed by atoms with E-state index in [2.05, 4.69) is 21.6 Å². The van der Waals surface area contributed by atoms with E-state index in [0.717, 1.165) is 30.9 Å². The van der Waals surface area contributed by atoms with Crippen molar-refractivity contribution < 1.29 is 14.4 Å². The number of carbonyl (C=O) groups is 3. The standard InChI is InChI=1S/C24H36N4O3/c1-17(25-22(30)20-11-8-14-28(20)23(31)24(2,3)4)15-21(29)26-18-9-7-10-19(16-18)27-12-5-6-13-27/h7,9-10,16-17,20H,5-6,8,11-15H2,1-4H3,(H,25,30)(H,26,29). The Balaban J connectivity index is 1.51. The van der Waals surface area contributed by atoms with Crippen molar-refractivity contribution in [1.82, 2.24) is 10.2 Å². The largest absolute Gasteiger partial charge is 0.371 e. The van der Waals surface area contributed by atoms with Crippen LogP contribution in [-0.4, -0.2) is 54.3 Å². The van der Waals surface area contributed by atoms with Gasteiger partial charge in [0.2, 0.25) is 17.7 Å². The number of likely N-dealkylation sites (tertiary alicyclic amines) is 1. The first-order valence-corrected chi connectivity index (χ1v) is 11.4. The summed E-state index contributed by atoms with van der Waals surface area (Å²) in [5.74, 6) is -0.319. The summed E-state index contributed by atoms with van der Waals surface area (Å²) in [6.45, 7) is 10.1. The molecule has 2 atom stereocenters. The van der Waals surface area contributed by atoms with Crippen molar-refractivity contribution >= 4 is 29.1 Å². The van der Waals surface area contributed by atoms with Crippen LogP contribution >= 0.6 is 0 Å². The lowest BCUT2D eigenvalue weighted by atomic mass is 9.94. The summed E-state index contributed by atoms with van der Waals surface area (Å²) in [6.07, 6.45) is 4.07. The number of nitrogens with one attached hydrogen (secondary N) is 2. The molecule has 7 nitrogen and oxygen atoms in total. The first kappa shape index (κ1) is 23.1. The van der Waals surface area contributed by atoms with Gasteiger partial charge in [0.1, 0.15) is 6.04 Å². The van der Waals surface area contributed by atoms with Crippen molar-refractivity contribution in [3.63, 3.8) is 0 Å². The average Bonchev–Trinajstić information content (AvgIpc) is 3.38. The molecule has 31 heavy (non-hydrogen) atoms. The quantitative estimate of drug-likeness (QED) is 0.729. The second-order valence-corrected chi connectivity index (χ2v) is 9.81. The molecule has 2 N–H and O–H groups in total. The van der Waals surface area contributed by atoms with Gasteiger partial charge >= 0.3 is 0 Å². The minimum Gasteiger partial charge on any atom is -0.371 e. The van der Waals surface area contributed by atoms with Crippen LogP contribution in [0.5, 0.6) is 0 Å². The van der Waals surface area contributed by atoms with Gasteiger partial charge in [-0.25, -0.2) is 0 Å². The topological polar surface area (TPSA) is 81.8 Å². The zero-order valence-corrected chi connectivity index (χ0v) is 19.2. The number of benzene rings is 1. The van der Waals surface area contributed by atoms with E-state index in [1.807, 2.05) is 45.9 Å². The summed E-state index contributed by atoms with van der Waals surface area (Å²) in [5, 5.41) is 5.87. The van der Waals surface area contributed by atoms with Crippen LogP contribution in [0.1, 0.15) is 59.8 Å². The fourth-order valence-corrected chi connectivity index (χ4v) is 4.35. The minimum atomic E-state index is -0.516. The Morgan fingerprint density at radius 3 is 2.48 bits per heavy atom. The summed E-state index contributed by atoms with van der Waals surface area (Å²) in [6, 6.07) is 7.14. The van der Waals surface area contributed by atoms with E-state index in [4.69, 9.17) is 0 Å². The second-order valence-electron chi connectivity index (χ2n) is 9.81. The number of hydrogen-bond acceptors (Lipinski definition) is 4. The van der Waals surface area contributed by atoms with E-state index >= 15 is 0 Å². The normalized spacial score (nSPS) is 19.9. The highest BCUT2D eigenvalue weighted by molar-refractivity contribution is 5.93. The number of hydrogen-bond donors (Lipinski definition) is 2. The van der Waals surface area contributed by atoms with Crippen LogP contribution in [0.4, 0.5) is 11.4 Å². The summed E-state index contributed by atoms with van der Waals surface area (Å²) in [5.41, 5.74) is 1.38. The SMILES string of the molecule is CC(CC(=O)Nc1cccc(N2CCCC2)c1)NC(=O)C1CCCN1C(=O)C(C)(C)C. The van der Waals surface area contributed by atoms with Crippen molar-refractivity contribution in [1.29, 1.82) is 0 Å². The second kappa shape index (κ2) is 9.71. The van der Waals surface area contributed by atoms with Crippen molar-refractivity contribution in [3.8, 4) is 0 Å². The summed E-state index contributed by atoms with van der Waals surface area (Å²) < 4.78 is 0. The Morgan fingerprint density at radius 1 is 1.10 bits per heavy atom. The summed E-state index contributed by atoms with van der Waals surface area (Å²) in [4.78, 5) is 42.0. The van der Waals surface area contributed by atoms with Gasteiger partial charge in [0, 0.05) is 48.9 Å². The van der Waals surface area contributed by atoms with E-state index in [9.17, 15) is 14.4 Å². The van der Waals surface area contributed by atoms with E-state index in [-0.39, 0.29) is 30.2 Å². The molecule has 2 heterocycles.